The number of likely N-dealkylation sites (N-methyl/N-ethyl adjacent to an activating group) is 1. The minimum absolute atomic E-state index is 0.106. The molecule has 0 radical (unpaired) electrons. The fraction of sp³-hybridized carbons (Fsp3) is 0.423. The molecule has 7 heteroatoms. The Hall–Kier alpha value is -3.37. The van der Waals surface area contributed by atoms with Gasteiger partial charge in [-0.25, -0.2) is 4.99 Å². The third kappa shape index (κ3) is 2.90. The first-order valence-electron chi connectivity index (χ1n) is 11.5. The highest BCUT2D eigenvalue weighted by Gasteiger charge is 2.58. The van der Waals surface area contributed by atoms with E-state index in [-0.39, 0.29) is 23.4 Å². The molecule has 0 aromatic heterocycles. The first-order chi connectivity index (χ1) is 15.9. The molecule has 2 atom stereocenters. The number of nitrogens with two attached hydrogens (primary N) is 1. The van der Waals surface area contributed by atoms with Gasteiger partial charge < -0.3 is 15.2 Å². The number of rotatable bonds is 2. The number of nitriles is 1. The second-order valence-electron chi connectivity index (χ2n) is 9.78. The Balaban J connectivity index is 1.48. The number of amides is 1. The van der Waals surface area contributed by atoms with Gasteiger partial charge in [-0.2, -0.15) is 5.26 Å². The topological polar surface area (TPSA) is 101 Å². The van der Waals surface area contributed by atoms with E-state index in [4.69, 9.17) is 20.2 Å². The van der Waals surface area contributed by atoms with E-state index >= 15 is 0 Å². The summed E-state index contributed by atoms with van der Waals surface area (Å²) in [5.41, 5.74) is 8.08. The maximum Gasteiger partial charge on any atom is 0.261 e. The Bertz CT molecular complexity index is 1210. The van der Waals surface area contributed by atoms with Gasteiger partial charge in [-0.05, 0) is 61.1 Å². The Kier molecular flexibility index (Phi) is 4.33. The number of hydrogen-bond acceptors (Lipinski definition) is 6. The molecular weight excluding hydrogens is 416 g/mol. The van der Waals surface area contributed by atoms with Crippen molar-refractivity contribution in [2.45, 2.75) is 49.9 Å². The third-order valence-electron chi connectivity index (χ3n) is 8.03. The number of carbonyl (C=O) groups is 1. The van der Waals surface area contributed by atoms with Crippen molar-refractivity contribution in [1.82, 2.24) is 4.90 Å². The lowest BCUT2D eigenvalue weighted by Gasteiger charge is -2.52. The molecule has 1 aliphatic carbocycles. The summed E-state index contributed by atoms with van der Waals surface area (Å²) in [4.78, 5) is 19.9. The van der Waals surface area contributed by atoms with Crippen molar-refractivity contribution in [1.29, 1.82) is 5.26 Å². The van der Waals surface area contributed by atoms with E-state index in [1.807, 2.05) is 36.4 Å². The highest BCUT2D eigenvalue weighted by atomic mass is 16.5. The largest absolute Gasteiger partial charge is 0.489 e. The lowest BCUT2D eigenvalue weighted by Crippen LogP contribution is -2.56. The minimum Gasteiger partial charge on any atom is -0.489 e. The lowest BCUT2D eigenvalue weighted by atomic mass is 9.64. The molecular formula is C26H26N4O3. The lowest BCUT2D eigenvalue weighted by molar-refractivity contribution is -0.164. The van der Waals surface area contributed by atoms with E-state index in [0.717, 1.165) is 42.4 Å². The molecule has 1 spiro atoms. The summed E-state index contributed by atoms with van der Waals surface area (Å²) < 4.78 is 12.7. The van der Waals surface area contributed by atoms with Crippen molar-refractivity contribution in [3.63, 3.8) is 0 Å². The monoisotopic (exact) mass is 442 g/mol. The molecule has 5 aliphatic rings. The molecule has 4 aliphatic heterocycles. The zero-order valence-electron chi connectivity index (χ0n) is 18.6. The molecule has 33 heavy (non-hydrogen) atoms. The van der Waals surface area contributed by atoms with Crippen LogP contribution in [0.1, 0.15) is 43.2 Å². The summed E-state index contributed by atoms with van der Waals surface area (Å²) in [6.07, 6.45) is 4.77. The van der Waals surface area contributed by atoms with Gasteiger partial charge in [0.25, 0.3) is 5.91 Å². The summed E-state index contributed by atoms with van der Waals surface area (Å²) in [6.45, 7) is 0.663. The number of guanidine groups is 1. The second kappa shape index (κ2) is 7.06. The SMILES string of the molecule is CN1C(=O)C2(CC(C34CCC(CC3)OC4)Oc3ccc(-c4cccc(C#N)c4)cc32)N=C1N. The first-order valence-corrected chi connectivity index (χ1v) is 11.5. The van der Waals surface area contributed by atoms with Crippen LogP contribution >= 0.6 is 0 Å². The number of carbonyl (C=O) groups excluding carboxylic acids is 1. The standard InChI is InChI=1S/C26H26N4O3/c1-30-23(31)26(29-24(30)28)13-22(25-9-7-19(8-10-25)32-15-25)33-21-6-5-18(12-20(21)26)17-4-2-3-16(11-17)14-27/h2-6,11-12,19,22H,7-10,13,15H2,1H3,(H2,28,29). The van der Waals surface area contributed by atoms with Gasteiger partial charge in [0.05, 0.1) is 24.3 Å². The van der Waals surface area contributed by atoms with E-state index in [1.54, 1.807) is 13.1 Å². The summed E-state index contributed by atoms with van der Waals surface area (Å²) in [5.74, 6) is 0.776. The van der Waals surface area contributed by atoms with Gasteiger partial charge in [0.15, 0.2) is 11.5 Å². The van der Waals surface area contributed by atoms with Crippen LogP contribution in [-0.4, -0.2) is 42.6 Å². The molecule has 1 saturated carbocycles. The normalized spacial score (nSPS) is 32.3. The van der Waals surface area contributed by atoms with E-state index in [9.17, 15) is 10.1 Å². The predicted molar refractivity (Wildman–Crippen MR) is 122 cm³/mol. The molecule has 2 aromatic rings. The molecule has 2 saturated heterocycles. The third-order valence-corrected chi connectivity index (χ3v) is 8.03. The van der Waals surface area contributed by atoms with Gasteiger partial charge in [-0.15, -0.1) is 0 Å². The molecule has 168 valence electrons. The summed E-state index contributed by atoms with van der Waals surface area (Å²) in [5, 5.41) is 9.30. The van der Waals surface area contributed by atoms with E-state index < -0.39 is 5.54 Å². The average molecular weight is 443 g/mol. The maximum absolute atomic E-state index is 13.6. The summed E-state index contributed by atoms with van der Waals surface area (Å²) >= 11 is 0. The first kappa shape index (κ1) is 20.3. The second-order valence-corrected chi connectivity index (χ2v) is 9.78. The van der Waals surface area contributed by atoms with Gasteiger partial charge in [-0.3, -0.25) is 9.69 Å². The summed E-state index contributed by atoms with van der Waals surface area (Å²) in [6, 6.07) is 15.5. The van der Waals surface area contributed by atoms with Crippen LogP contribution in [0.25, 0.3) is 11.1 Å². The van der Waals surface area contributed by atoms with E-state index in [0.29, 0.717) is 30.4 Å². The van der Waals surface area contributed by atoms with Crippen molar-refractivity contribution in [2.75, 3.05) is 13.7 Å². The van der Waals surface area contributed by atoms with Gasteiger partial charge >= 0.3 is 0 Å². The highest BCUT2D eigenvalue weighted by molar-refractivity contribution is 6.07. The van der Waals surface area contributed by atoms with Crippen LogP contribution in [-0.2, 0) is 15.1 Å². The van der Waals surface area contributed by atoms with Crippen LogP contribution in [0.3, 0.4) is 0 Å². The minimum atomic E-state index is -1.11. The van der Waals surface area contributed by atoms with Gasteiger partial charge in [0, 0.05) is 24.4 Å². The van der Waals surface area contributed by atoms with Crippen LogP contribution in [0, 0.1) is 16.7 Å². The molecule has 7 rings (SSSR count). The number of fused-ring (bicyclic) bond motifs is 5. The van der Waals surface area contributed by atoms with E-state index in [1.165, 1.54) is 4.90 Å². The van der Waals surface area contributed by atoms with Crippen molar-refractivity contribution in [3.05, 3.63) is 53.6 Å². The molecule has 2 aromatic carbocycles. The van der Waals surface area contributed by atoms with Crippen molar-refractivity contribution in [3.8, 4) is 22.9 Å². The van der Waals surface area contributed by atoms with Crippen molar-refractivity contribution in [2.24, 2.45) is 16.1 Å². The van der Waals surface area contributed by atoms with Crippen molar-refractivity contribution >= 4 is 11.9 Å². The highest BCUT2D eigenvalue weighted by Crippen LogP contribution is 2.54. The number of hydrogen-bond donors (Lipinski definition) is 1. The molecule has 2 unspecified atom stereocenters. The van der Waals surface area contributed by atoms with Gasteiger partial charge in [-0.1, -0.05) is 18.2 Å². The summed E-state index contributed by atoms with van der Waals surface area (Å²) in [7, 11) is 1.67. The number of benzene rings is 2. The molecule has 1 amide bonds. The van der Waals surface area contributed by atoms with Crippen LogP contribution in [0.2, 0.25) is 0 Å². The Labute approximate surface area is 192 Å². The number of nitrogens with zero attached hydrogens (tertiary/aromatic N) is 3. The molecule has 3 fully saturated rings. The quantitative estimate of drug-likeness (QED) is 0.769. The molecule has 2 bridgehead atoms. The average Bonchev–Trinajstić information content (AvgIpc) is 3.08. The Morgan fingerprint density at radius 3 is 2.64 bits per heavy atom. The fourth-order valence-corrected chi connectivity index (χ4v) is 6.00. The zero-order chi connectivity index (χ0) is 22.8. The predicted octanol–water partition coefficient (Wildman–Crippen LogP) is 3.32. The van der Waals surface area contributed by atoms with Gasteiger partial charge in [0.1, 0.15) is 11.9 Å². The molecule has 2 N–H and O–H groups in total. The van der Waals surface area contributed by atoms with Crippen molar-refractivity contribution < 1.29 is 14.3 Å². The van der Waals surface area contributed by atoms with Crippen LogP contribution in [0.15, 0.2) is 47.5 Å². The Morgan fingerprint density at radius 2 is 1.97 bits per heavy atom. The van der Waals surface area contributed by atoms with Crippen LogP contribution in [0.4, 0.5) is 0 Å². The van der Waals surface area contributed by atoms with E-state index in [2.05, 4.69) is 6.07 Å². The smallest absolute Gasteiger partial charge is 0.261 e. The van der Waals surface area contributed by atoms with Gasteiger partial charge in [0.2, 0.25) is 0 Å². The molecule has 7 nitrogen and oxygen atoms in total. The van der Waals surface area contributed by atoms with Crippen LogP contribution < -0.4 is 10.5 Å². The number of ether oxygens (including phenoxy) is 2. The maximum atomic E-state index is 13.6. The molecule has 4 heterocycles. The van der Waals surface area contributed by atoms with Crippen LogP contribution in [0.5, 0.6) is 5.75 Å². The Morgan fingerprint density at radius 1 is 1.18 bits per heavy atom. The number of aliphatic imine (C=N–C) groups is 1. The fourth-order valence-electron chi connectivity index (χ4n) is 6.00. The zero-order valence-corrected chi connectivity index (χ0v) is 18.6.